The third-order valence-electron chi connectivity index (χ3n) is 4.36. The van der Waals surface area contributed by atoms with Crippen LogP contribution in [0.3, 0.4) is 0 Å². The van der Waals surface area contributed by atoms with Crippen molar-refractivity contribution in [1.29, 1.82) is 0 Å². The molecule has 0 fully saturated rings. The van der Waals surface area contributed by atoms with Crippen molar-refractivity contribution in [3.63, 3.8) is 0 Å². The highest BCUT2D eigenvalue weighted by atomic mass is 28.3. The van der Waals surface area contributed by atoms with Crippen LogP contribution in [0.25, 0.3) is 11.0 Å². The number of hydrogen-bond acceptors (Lipinski definition) is 3. The minimum absolute atomic E-state index is 0.0628. The monoisotopic (exact) mass is 394 g/mol. The van der Waals surface area contributed by atoms with Crippen LogP contribution in [0.1, 0.15) is 0 Å². The second-order valence-corrected chi connectivity index (χ2v) is 20.6. The molecule has 26 heavy (non-hydrogen) atoms. The molecule has 0 aliphatic carbocycles. The van der Waals surface area contributed by atoms with Crippen LogP contribution >= 0.6 is 0 Å². The Hall–Kier alpha value is -1.16. The second kappa shape index (κ2) is 8.69. The predicted octanol–water partition coefficient (Wildman–Crippen LogP) is 4.43. The maximum Gasteiger partial charge on any atom is 0.332 e. The van der Waals surface area contributed by atoms with Crippen molar-refractivity contribution in [2.45, 2.75) is 64.8 Å². The van der Waals surface area contributed by atoms with E-state index in [0.29, 0.717) is 26.7 Å². The molecule has 0 saturated heterocycles. The summed E-state index contributed by atoms with van der Waals surface area (Å²) in [5.41, 5.74) is 1.74. The van der Waals surface area contributed by atoms with Gasteiger partial charge in [0.15, 0.2) is 0 Å². The number of fused-ring (bicyclic) bond motifs is 1. The molecule has 0 aliphatic heterocycles. The van der Waals surface area contributed by atoms with Crippen LogP contribution in [0.2, 0.25) is 51.4 Å². The number of aromatic nitrogens is 2. The van der Waals surface area contributed by atoms with E-state index in [1.54, 1.807) is 9.13 Å². The van der Waals surface area contributed by atoms with Crippen molar-refractivity contribution in [2.75, 3.05) is 13.2 Å². The highest BCUT2D eigenvalue weighted by Gasteiger charge is 2.16. The Balaban J connectivity index is 2.08. The number of ether oxygens (including phenoxy) is 2. The molecule has 0 unspecified atom stereocenters. The molecular formula is C19H34N2O3Si2. The molecule has 0 aliphatic rings. The van der Waals surface area contributed by atoms with Gasteiger partial charge in [-0.25, -0.2) is 4.79 Å². The maximum atomic E-state index is 12.9. The van der Waals surface area contributed by atoms with Crippen LogP contribution < -0.4 is 5.69 Å². The zero-order valence-electron chi connectivity index (χ0n) is 17.2. The molecule has 0 atom stereocenters. The van der Waals surface area contributed by atoms with Gasteiger partial charge in [0.1, 0.15) is 13.5 Å². The Morgan fingerprint density at radius 1 is 0.769 bits per heavy atom. The minimum Gasteiger partial charge on any atom is -0.361 e. The number of benzene rings is 1. The third kappa shape index (κ3) is 6.23. The molecular weight excluding hydrogens is 360 g/mol. The summed E-state index contributed by atoms with van der Waals surface area (Å²) in [6.07, 6.45) is 0. The summed E-state index contributed by atoms with van der Waals surface area (Å²) in [5.74, 6) is 0. The summed E-state index contributed by atoms with van der Waals surface area (Å²) in [6, 6.07) is 10.0. The van der Waals surface area contributed by atoms with E-state index in [9.17, 15) is 4.79 Å². The molecule has 0 bridgehead atoms. The number of rotatable bonds is 10. The van der Waals surface area contributed by atoms with Crippen LogP contribution in [0.4, 0.5) is 0 Å². The van der Waals surface area contributed by atoms with E-state index >= 15 is 0 Å². The summed E-state index contributed by atoms with van der Waals surface area (Å²) in [4.78, 5) is 12.9. The van der Waals surface area contributed by atoms with Crippen molar-refractivity contribution < 1.29 is 9.47 Å². The van der Waals surface area contributed by atoms with E-state index < -0.39 is 16.1 Å². The van der Waals surface area contributed by atoms with Crippen LogP contribution in [0.15, 0.2) is 29.1 Å². The molecule has 0 amide bonds. The first-order chi connectivity index (χ1) is 12.1. The highest BCUT2D eigenvalue weighted by Crippen LogP contribution is 2.14. The summed E-state index contributed by atoms with van der Waals surface area (Å²) in [5, 5.41) is 0. The summed E-state index contributed by atoms with van der Waals surface area (Å²) in [7, 11) is -2.26. The van der Waals surface area contributed by atoms with Crippen molar-refractivity contribution in [1.82, 2.24) is 9.13 Å². The Morgan fingerprint density at radius 3 is 1.50 bits per heavy atom. The average molecular weight is 395 g/mol. The first kappa shape index (κ1) is 21.1. The van der Waals surface area contributed by atoms with E-state index in [4.69, 9.17) is 9.47 Å². The predicted molar refractivity (Wildman–Crippen MR) is 114 cm³/mol. The van der Waals surface area contributed by atoms with Crippen molar-refractivity contribution in [3.05, 3.63) is 34.7 Å². The van der Waals surface area contributed by atoms with Gasteiger partial charge in [0, 0.05) is 29.4 Å². The van der Waals surface area contributed by atoms with Crippen LogP contribution in [0.5, 0.6) is 0 Å². The van der Waals surface area contributed by atoms with Crippen LogP contribution in [-0.2, 0) is 22.9 Å². The lowest BCUT2D eigenvalue weighted by Gasteiger charge is -2.15. The van der Waals surface area contributed by atoms with Gasteiger partial charge in [-0.3, -0.25) is 9.13 Å². The SMILES string of the molecule is C[Si](C)(C)CCOCn1c(=O)n(COCC[Si](C)(C)C)c2ccccc21. The lowest BCUT2D eigenvalue weighted by molar-refractivity contribution is 0.0754. The molecule has 7 heteroatoms. The Bertz CT molecular complexity index is 708. The first-order valence-corrected chi connectivity index (χ1v) is 16.8. The standard InChI is InChI=1S/C19H34N2O3Si2/c1-25(2,3)13-11-23-15-20-17-9-7-8-10-18(17)21(19(20)22)16-24-12-14-26(4,5)6/h7-10H,11-16H2,1-6H3. The average Bonchev–Trinajstić information content (AvgIpc) is 2.78. The van der Waals surface area contributed by atoms with Gasteiger partial charge < -0.3 is 9.47 Å². The first-order valence-electron chi connectivity index (χ1n) is 9.42. The molecule has 0 saturated carbocycles. The van der Waals surface area contributed by atoms with E-state index in [1.165, 1.54) is 0 Å². The van der Waals surface area contributed by atoms with Gasteiger partial charge in [0.05, 0.1) is 11.0 Å². The lowest BCUT2D eigenvalue weighted by Crippen LogP contribution is -2.28. The van der Waals surface area contributed by atoms with Gasteiger partial charge >= 0.3 is 5.69 Å². The van der Waals surface area contributed by atoms with Crippen molar-refractivity contribution >= 4 is 27.2 Å². The smallest absolute Gasteiger partial charge is 0.332 e. The Labute approximate surface area is 158 Å². The Morgan fingerprint density at radius 2 is 1.15 bits per heavy atom. The molecule has 0 spiro atoms. The summed E-state index contributed by atoms with van der Waals surface area (Å²) in [6.45, 7) is 16.0. The fraction of sp³-hybridized carbons (Fsp3) is 0.632. The van der Waals surface area contributed by atoms with Gasteiger partial charge in [0.25, 0.3) is 0 Å². The number of nitrogens with zero attached hydrogens (tertiary/aromatic N) is 2. The molecule has 0 radical (unpaired) electrons. The van der Waals surface area contributed by atoms with Gasteiger partial charge in [-0.15, -0.1) is 0 Å². The van der Waals surface area contributed by atoms with E-state index in [-0.39, 0.29) is 5.69 Å². The summed E-state index contributed by atoms with van der Waals surface area (Å²) >= 11 is 0. The fourth-order valence-electron chi connectivity index (χ4n) is 2.59. The van der Waals surface area contributed by atoms with Gasteiger partial charge in [0.2, 0.25) is 0 Å². The fourth-order valence-corrected chi connectivity index (χ4v) is 4.10. The van der Waals surface area contributed by atoms with E-state index in [1.807, 2.05) is 24.3 Å². The number of hydrogen-bond donors (Lipinski definition) is 0. The van der Waals surface area contributed by atoms with Gasteiger partial charge in [-0.05, 0) is 24.2 Å². The number of imidazole rings is 1. The molecule has 2 rings (SSSR count). The maximum absolute atomic E-state index is 12.9. The normalized spacial score (nSPS) is 12.8. The summed E-state index contributed by atoms with van der Waals surface area (Å²) < 4.78 is 15.1. The molecule has 1 heterocycles. The number of para-hydroxylation sites is 2. The highest BCUT2D eigenvalue weighted by molar-refractivity contribution is 6.76. The van der Waals surface area contributed by atoms with Gasteiger partial charge in [-0.1, -0.05) is 51.4 Å². The van der Waals surface area contributed by atoms with E-state index in [0.717, 1.165) is 23.1 Å². The molecule has 2 aromatic rings. The zero-order chi connectivity index (χ0) is 19.4. The molecule has 146 valence electrons. The van der Waals surface area contributed by atoms with Crippen LogP contribution in [0, 0.1) is 0 Å². The minimum atomic E-state index is -1.13. The lowest BCUT2D eigenvalue weighted by atomic mass is 10.3. The van der Waals surface area contributed by atoms with Crippen molar-refractivity contribution in [3.8, 4) is 0 Å². The second-order valence-electron chi connectivity index (χ2n) is 9.32. The third-order valence-corrected chi connectivity index (χ3v) is 7.77. The van der Waals surface area contributed by atoms with E-state index in [2.05, 4.69) is 39.3 Å². The van der Waals surface area contributed by atoms with Gasteiger partial charge in [-0.2, -0.15) is 0 Å². The zero-order valence-corrected chi connectivity index (χ0v) is 19.2. The Kier molecular flexibility index (Phi) is 7.07. The molecule has 1 aromatic heterocycles. The van der Waals surface area contributed by atoms with Crippen molar-refractivity contribution in [2.24, 2.45) is 0 Å². The molecule has 0 N–H and O–H groups in total. The quantitative estimate of drug-likeness (QED) is 0.442. The topological polar surface area (TPSA) is 45.4 Å². The van der Waals surface area contributed by atoms with Crippen LogP contribution in [-0.4, -0.2) is 38.5 Å². The largest absolute Gasteiger partial charge is 0.361 e. The molecule has 5 nitrogen and oxygen atoms in total. The molecule has 1 aromatic carbocycles.